The van der Waals surface area contributed by atoms with Crippen LogP contribution in [0.4, 0.5) is 0 Å². The second-order valence-corrected chi connectivity index (χ2v) is 5.53. The highest BCUT2D eigenvalue weighted by molar-refractivity contribution is 5.63. The lowest BCUT2D eigenvalue weighted by Gasteiger charge is -2.36. The molecule has 1 aromatic heterocycles. The fraction of sp³-hybridized carbons (Fsp3) is 0.429. The van der Waals surface area contributed by atoms with E-state index in [4.69, 9.17) is 0 Å². The van der Waals surface area contributed by atoms with Crippen LogP contribution < -0.4 is 0 Å². The van der Waals surface area contributed by atoms with Crippen LogP contribution in [-0.2, 0) is 0 Å². The summed E-state index contributed by atoms with van der Waals surface area (Å²) in [6.45, 7) is 8.99. The van der Waals surface area contributed by atoms with Crippen molar-refractivity contribution < 1.29 is 0 Å². The molecule has 1 aliphatic carbocycles. The van der Waals surface area contributed by atoms with Crippen LogP contribution in [0.5, 0.6) is 0 Å². The molecule has 0 unspecified atom stereocenters. The summed E-state index contributed by atoms with van der Waals surface area (Å²) in [6, 6.07) is 0. The van der Waals surface area contributed by atoms with Crippen LogP contribution in [-0.4, -0.2) is 9.97 Å². The fourth-order valence-electron chi connectivity index (χ4n) is 1.68. The maximum atomic E-state index is 4.33. The maximum absolute atomic E-state index is 4.33. The number of aromatic nitrogens is 2. The lowest BCUT2D eigenvalue weighted by Crippen LogP contribution is -2.28. The van der Waals surface area contributed by atoms with Gasteiger partial charge in [-0.1, -0.05) is 39.8 Å². The van der Waals surface area contributed by atoms with E-state index in [1.54, 1.807) is 12.4 Å². The molecule has 0 amide bonds. The molecular weight excluding hydrogens is 196 g/mol. The number of nitrogens with zero attached hydrogens (tertiary/aromatic N) is 2. The first-order chi connectivity index (χ1) is 7.42. The molecular formula is C14H18N2. The quantitative estimate of drug-likeness (QED) is 0.659. The monoisotopic (exact) mass is 214 g/mol. The molecule has 1 heterocycles. The number of allylic oxidation sites excluding steroid dienone is 2. The number of hydrogen-bond donors (Lipinski definition) is 0. The highest BCUT2D eigenvalue weighted by Gasteiger charge is 2.33. The molecule has 0 bridgehead atoms. The Morgan fingerprint density at radius 1 is 0.938 bits per heavy atom. The maximum Gasteiger partial charge on any atom is 0.0883 e. The van der Waals surface area contributed by atoms with Gasteiger partial charge in [0.2, 0.25) is 0 Å². The van der Waals surface area contributed by atoms with Gasteiger partial charge in [0, 0.05) is 17.8 Å². The molecule has 0 saturated heterocycles. The summed E-state index contributed by atoms with van der Waals surface area (Å²) in [5, 5.41) is 0. The Hall–Kier alpha value is -1.44. The molecule has 2 nitrogen and oxygen atoms in total. The molecule has 2 heteroatoms. The number of fused-ring (bicyclic) bond motifs is 1. The minimum absolute atomic E-state index is 0.0371. The van der Waals surface area contributed by atoms with E-state index < -0.39 is 0 Å². The first-order valence-corrected chi connectivity index (χ1v) is 5.62. The van der Waals surface area contributed by atoms with E-state index in [1.165, 1.54) is 0 Å². The second-order valence-electron chi connectivity index (χ2n) is 5.53. The SMILES string of the molecule is CC(C)(C)C1(C)C=Cc2nccnc2C=C1. The Labute approximate surface area is 97.1 Å². The average Bonchev–Trinajstić information content (AvgIpc) is 2.39. The standard InChI is InChI=1S/C14H18N2/c1-13(2,3)14(4)7-5-11-12(6-8-14)16-10-9-15-11/h5-10H,1-4H3. The van der Waals surface area contributed by atoms with E-state index in [-0.39, 0.29) is 10.8 Å². The molecule has 2 rings (SSSR count). The third kappa shape index (κ3) is 1.80. The Morgan fingerprint density at radius 2 is 1.38 bits per heavy atom. The van der Waals surface area contributed by atoms with E-state index in [9.17, 15) is 0 Å². The predicted octanol–water partition coefficient (Wildman–Crippen LogP) is 3.57. The van der Waals surface area contributed by atoms with Gasteiger partial charge in [0.1, 0.15) is 0 Å². The molecule has 0 radical (unpaired) electrons. The van der Waals surface area contributed by atoms with Gasteiger partial charge in [-0.2, -0.15) is 0 Å². The Balaban J connectivity index is 2.49. The highest BCUT2D eigenvalue weighted by atomic mass is 14.8. The van der Waals surface area contributed by atoms with Crippen molar-refractivity contribution >= 4 is 12.2 Å². The lowest BCUT2D eigenvalue weighted by atomic mass is 9.68. The molecule has 0 spiro atoms. The first kappa shape index (κ1) is 11.1. The number of hydrogen-bond acceptors (Lipinski definition) is 2. The van der Waals surface area contributed by atoms with Gasteiger partial charge in [0.05, 0.1) is 11.4 Å². The van der Waals surface area contributed by atoms with E-state index in [1.807, 2.05) is 0 Å². The molecule has 0 N–H and O–H groups in total. The van der Waals surface area contributed by atoms with Crippen molar-refractivity contribution in [2.75, 3.05) is 0 Å². The van der Waals surface area contributed by atoms with Gasteiger partial charge in [-0.25, -0.2) is 0 Å². The van der Waals surface area contributed by atoms with Gasteiger partial charge >= 0.3 is 0 Å². The van der Waals surface area contributed by atoms with Crippen LogP contribution in [0.2, 0.25) is 0 Å². The van der Waals surface area contributed by atoms with Crippen molar-refractivity contribution in [1.29, 1.82) is 0 Å². The molecule has 16 heavy (non-hydrogen) atoms. The summed E-state index contributed by atoms with van der Waals surface area (Å²) >= 11 is 0. The summed E-state index contributed by atoms with van der Waals surface area (Å²) in [5.74, 6) is 0. The van der Waals surface area contributed by atoms with Crippen molar-refractivity contribution in [3.05, 3.63) is 35.9 Å². The van der Waals surface area contributed by atoms with Crippen LogP contribution in [0.25, 0.3) is 12.2 Å². The molecule has 84 valence electrons. The molecule has 1 aromatic rings. The van der Waals surface area contributed by atoms with Gasteiger partial charge in [-0.3, -0.25) is 9.97 Å². The van der Waals surface area contributed by atoms with Crippen LogP contribution in [0.1, 0.15) is 39.1 Å². The Morgan fingerprint density at radius 3 is 1.75 bits per heavy atom. The van der Waals surface area contributed by atoms with Crippen molar-refractivity contribution in [2.45, 2.75) is 27.7 Å². The largest absolute Gasteiger partial charge is 0.253 e. The van der Waals surface area contributed by atoms with Gasteiger partial charge < -0.3 is 0 Å². The normalized spacial score (nSPS) is 18.0. The van der Waals surface area contributed by atoms with E-state index in [2.05, 4.69) is 62.0 Å². The smallest absolute Gasteiger partial charge is 0.0883 e. The summed E-state index contributed by atoms with van der Waals surface area (Å²) in [6.07, 6.45) is 12.1. The van der Waals surface area contributed by atoms with Crippen LogP contribution in [0, 0.1) is 10.8 Å². The van der Waals surface area contributed by atoms with Gasteiger partial charge in [0.25, 0.3) is 0 Å². The topological polar surface area (TPSA) is 25.8 Å². The van der Waals surface area contributed by atoms with Gasteiger partial charge in [-0.15, -0.1) is 0 Å². The zero-order valence-electron chi connectivity index (χ0n) is 10.4. The van der Waals surface area contributed by atoms with Crippen LogP contribution in [0.3, 0.4) is 0 Å². The van der Waals surface area contributed by atoms with Gasteiger partial charge in [-0.05, 0) is 17.6 Å². The van der Waals surface area contributed by atoms with Crippen LogP contribution >= 0.6 is 0 Å². The lowest BCUT2D eigenvalue weighted by molar-refractivity contribution is 0.230. The van der Waals surface area contributed by atoms with E-state index in [0.29, 0.717) is 0 Å². The summed E-state index contributed by atoms with van der Waals surface area (Å²) in [5.41, 5.74) is 2.12. The van der Waals surface area contributed by atoms with Crippen LogP contribution in [0.15, 0.2) is 24.5 Å². The Kier molecular flexibility index (Phi) is 2.45. The minimum Gasteiger partial charge on any atom is -0.253 e. The molecule has 0 fully saturated rings. The van der Waals surface area contributed by atoms with Crippen molar-refractivity contribution in [3.63, 3.8) is 0 Å². The second kappa shape index (κ2) is 3.55. The molecule has 0 saturated carbocycles. The zero-order valence-corrected chi connectivity index (χ0v) is 10.4. The summed E-state index contributed by atoms with van der Waals surface area (Å²) in [7, 11) is 0. The molecule has 0 aromatic carbocycles. The first-order valence-electron chi connectivity index (χ1n) is 5.62. The van der Waals surface area contributed by atoms with E-state index in [0.717, 1.165) is 11.4 Å². The predicted molar refractivity (Wildman–Crippen MR) is 67.7 cm³/mol. The fourth-order valence-corrected chi connectivity index (χ4v) is 1.68. The van der Waals surface area contributed by atoms with Crippen molar-refractivity contribution in [3.8, 4) is 0 Å². The number of rotatable bonds is 0. The Bertz CT molecular complexity index is 417. The minimum atomic E-state index is 0.0371. The van der Waals surface area contributed by atoms with Crippen molar-refractivity contribution in [2.24, 2.45) is 10.8 Å². The molecule has 1 aliphatic rings. The third-order valence-electron chi connectivity index (χ3n) is 3.55. The average molecular weight is 214 g/mol. The van der Waals surface area contributed by atoms with Crippen molar-refractivity contribution in [1.82, 2.24) is 9.97 Å². The third-order valence-corrected chi connectivity index (χ3v) is 3.55. The van der Waals surface area contributed by atoms with E-state index >= 15 is 0 Å². The molecule has 0 atom stereocenters. The zero-order chi connectivity index (χ0) is 11.8. The van der Waals surface area contributed by atoms with Gasteiger partial charge in [0.15, 0.2) is 0 Å². The summed E-state index contributed by atoms with van der Waals surface area (Å²) < 4.78 is 0. The summed E-state index contributed by atoms with van der Waals surface area (Å²) in [4.78, 5) is 8.65. The highest BCUT2D eigenvalue weighted by Crippen LogP contribution is 2.42. The molecule has 0 aliphatic heterocycles.